The van der Waals surface area contributed by atoms with Crippen LogP contribution >= 0.6 is 0 Å². The van der Waals surface area contributed by atoms with Gasteiger partial charge in [0.25, 0.3) is 6.43 Å². The van der Waals surface area contributed by atoms with Gasteiger partial charge in [0.1, 0.15) is 17.7 Å². The van der Waals surface area contributed by atoms with E-state index in [1.54, 1.807) is 4.52 Å². The first kappa shape index (κ1) is 22.7. The van der Waals surface area contributed by atoms with Gasteiger partial charge in [-0.1, -0.05) is 0 Å². The van der Waals surface area contributed by atoms with Crippen LogP contribution in [0.15, 0.2) is 36.8 Å². The summed E-state index contributed by atoms with van der Waals surface area (Å²) in [6.07, 6.45) is 1.60. The van der Waals surface area contributed by atoms with Crippen LogP contribution in [-0.4, -0.2) is 60.9 Å². The Labute approximate surface area is 203 Å². The van der Waals surface area contributed by atoms with E-state index in [0.717, 1.165) is 18.8 Å². The summed E-state index contributed by atoms with van der Waals surface area (Å²) in [6, 6.07) is 5.20. The van der Waals surface area contributed by atoms with Crippen molar-refractivity contribution in [1.29, 1.82) is 0 Å². The van der Waals surface area contributed by atoms with E-state index in [0.29, 0.717) is 29.4 Å². The molecule has 36 heavy (non-hydrogen) atoms. The second-order valence-corrected chi connectivity index (χ2v) is 9.16. The summed E-state index contributed by atoms with van der Waals surface area (Å²) in [4.78, 5) is 26.9. The molecule has 1 saturated carbocycles. The minimum Gasteiger partial charge on any atom is -0.393 e. The Hall–Kier alpha value is -3.80. The van der Waals surface area contributed by atoms with Gasteiger partial charge in [-0.3, -0.25) is 9.78 Å². The van der Waals surface area contributed by atoms with Crippen LogP contribution in [-0.2, 0) is 4.79 Å². The van der Waals surface area contributed by atoms with E-state index < -0.39 is 30.1 Å². The number of carbonyl (C=O) groups excluding carboxylic acids is 1. The van der Waals surface area contributed by atoms with E-state index in [9.17, 15) is 23.1 Å². The molecule has 0 radical (unpaired) electrons. The predicted molar refractivity (Wildman–Crippen MR) is 126 cm³/mol. The molecule has 2 aliphatic rings. The second kappa shape index (κ2) is 8.70. The number of halogens is 3. The number of aliphatic hydroxyl groups is 1. The fourth-order valence-corrected chi connectivity index (χ4v) is 4.53. The number of carbonyl (C=O) groups is 1. The smallest absolute Gasteiger partial charge is 0.281 e. The van der Waals surface area contributed by atoms with Crippen molar-refractivity contribution < 1.29 is 23.1 Å². The van der Waals surface area contributed by atoms with Crippen LogP contribution in [0.5, 0.6) is 0 Å². The molecule has 9 nitrogen and oxygen atoms in total. The lowest BCUT2D eigenvalue weighted by Gasteiger charge is -2.31. The second-order valence-electron chi connectivity index (χ2n) is 9.16. The van der Waals surface area contributed by atoms with Crippen LogP contribution in [0.3, 0.4) is 0 Å². The number of rotatable bonds is 5. The molecule has 5 heterocycles. The summed E-state index contributed by atoms with van der Waals surface area (Å²) >= 11 is 0. The molecule has 1 aliphatic carbocycles. The third-order valence-electron chi connectivity index (χ3n) is 6.70. The Bertz CT molecular complexity index is 1470. The van der Waals surface area contributed by atoms with E-state index in [2.05, 4.69) is 30.3 Å². The molecule has 4 aromatic heterocycles. The molecule has 1 saturated heterocycles. The van der Waals surface area contributed by atoms with Gasteiger partial charge in [0.15, 0.2) is 11.5 Å². The summed E-state index contributed by atoms with van der Waals surface area (Å²) < 4.78 is 42.2. The van der Waals surface area contributed by atoms with E-state index in [-0.39, 0.29) is 29.6 Å². The van der Waals surface area contributed by atoms with Gasteiger partial charge in [0.2, 0.25) is 5.91 Å². The van der Waals surface area contributed by atoms with Gasteiger partial charge in [-0.15, -0.1) is 5.10 Å². The molecule has 186 valence electrons. The molecule has 1 amide bonds. The Morgan fingerprint density at radius 1 is 1.14 bits per heavy atom. The van der Waals surface area contributed by atoms with Crippen LogP contribution in [0, 0.1) is 5.92 Å². The van der Waals surface area contributed by atoms with Crippen LogP contribution in [0.2, 0.25) is 0 Å². The third-order valence-corrected chi connectivity index (χ3v) is 6.70. The standard InChI is InChI=1S/C24H22F3N7O2/c25-18-7-15(18)24(36)30-19-8-14-16(9-28-19)21(22(26)27)29-10-17(14)23-31-20-2-1-12(11-34(20)32-23)33-5-3-13(35)4-6-33/h1-2,8-11,13,15,18,22,35H,3-7H2,(H,28,30,36)/t15-,18+/m1/s1. The van der Waals surface area contributed by atoms with Gasteiger partial charge >= 0.3 is 0 Å². The number of nitrogens with one attached hydrogen (secondary N) is 1. The van der Waals surface area contributed by atoms with Gasteiger partial charge in [-0.25, -0.2) is 27.7 Å². The number of piperidine rings is 1. The highest BCUT2D eigenvalue weighted by atomic mass is 19.3. The van der Waals surface area contributed by atoms with E-state index in [1.807, 2.05) is 18.3 Å². The van der Waals surface area contributed by atoms with Gasteiger partial charge < -0.3 is 15.3 Å². The molecule has 4 aromatic rings. The average molecular weight is 497 g/mol. The topological polar surface area (TPSA) is 109 Å². The van der Waals surface area contributed by atoms with Crippen LogP contribution in [0.25, 0.3) is 27.8 Å². The minimum atomic E-state index is -2.83. The van der Waals surface area contributed by atoms with E-state index in [1.165, 1.54) is 18.5 Å². The molecule has 0 unspecified atom stereocenters. The molecule has 0 aromatic carbocycles. The fourth-order valence-electron chi connectivity index (χ4n) is 4.53. The van der Waals surface area contributed by atoms with E-state index in [4.69, 9.17) is 0 Å². The first-order chi connectivity index (χ1) is 17.4. The maximum absolute atomic E-state index is 13.7. The molecule has 0 bridgehead atoms. The highest BCUT2D eigenvalue weighted by molar-refractivity contribution is 6.00. The SMILES string of the molecule is O=C(Nc1cc2c(-c3nc4ccc(N5CCC(O)CC5)cn4n3)cnc(C(F)F)c2cn1)[C@@H]1C[C@@H]1F. The lowest BCUT2D eigenvalue weighted by Crippen LogP contribution is -2.35. The van der Waals surface area contributed by atoms with E-state index >= 15 is 0 Å². The van der Waals surface area contributed by atoms with Crippen molar-refractivity contribution in [3.63, 3.8) is 0 Å². The quantitative estimate of drug-likeness (QED) is 0.434. The normalized spacial score (nSPS) is 20.4. The Balaban J connectivity index is 1.39. The average Bonchev–Trinajstić information content (AvgIpc) is 3.45. The van der Waals surface area contributed by atoms with Crippen LogP contribution in [0.1, 0.15) is 31.4 Å². The number of hydrogen-bond donors (Lipinski definition) is 2. The maximum atomic E-state index is 13.7. The predicted octanol–water partition coefficient (Wildman–Crippen LogP) is 3.53. The fraction of sp³-hybridized carbons (Fsp3) is 0.375. The number of nitrogens with zero attached hydrogens (tertiary/aromatic N) is 6. The van der Waals surface area contributed by atoms with Gasteiger partial charge in [-0.2, -0.15) is 0 Å². The van der Waals surface area contributed by atoms with Crippen molar-refractivity contribution in [2.24, 2.45) is 5.92 Å². The van der Waals surface area contributed by atoms with Crippen molar-refractivity contribution in [2.75, 3.05) is 23.3 Å². The Morgan fingerprint density at radius 3 is 2.64 bits per heavy atom. The zero-order chi connectivity index (χ0) is 25.0. The summed E-state index contributed by atoms with van der Waals surface area (Å²) in [5, 5.41) is 17.4. The number of aromatic nitrogens is 5. The Morgan fingerprint density at radius 2 is 1.92 bits per heavy atom. The summed E-state index contributed by atoms with van der Waals surface area (Å²) in [5.74, 6) is -0.817. The number of amides is 1. The highest BCUT2D eigenvalue weighted by Crippen LogP contribution is 2.36. The number of aliphatic hydroxyl groups excluding tert-OH is 1. The first-order valence-electron chi connectivity index (χ1n) is 11.7. The number of pyridine rings is 3. The molecule has 0 spiro atoms. The monoisotopic (exact) mass is 497 g/mol. The molecule has 2 atom stereocenters. The van der Waals surface area contributed by atoms with Crippen molar-refractivity contribution in [1.82, 2.24) is 24.6 Å². The maximum Gasteiger partial charge on any atom is 0.281 e. The van der Waals surface area contributed by atoms with Crippen LogP contribution in [0.4, 0.5) is 24.7 Å². The number of fused-ring (bicyclic) bond motifs is 2. The van der Waals surface area contributed by atoms with Crippen molar-refractivity contribution in [2.45, 2.75) is 38.0 Å². The van der Waals surface area contributed by atoms with Crippen molar-refractivity contribution in [3.8, 4) is 11.4 Å². The number of anilines is 2. The molecule has 1 aliphatic heterocycles. The zero-order valence-electron chi connectivity index (χ0n) is 19.0. The Kier molecular flexibility index (Phi) is 5.47. The summed E-state index contributed by atoms with van der Waals surface area (Å²) in [7, 11) is 0. The summed E-state index contributed by atoms with van der Waals surface area (Å²) in [5.41, 5.74) is 1.45. The first-order valence-corrected chi connectivity index (χ1v) is 11.7. The highest BCUT2D eigenvalue weighted by Gasteiger charge is 2.43. The van der Waals surface area contributed by atoms with Gasteiger partial charge in [0.05, 0.1) is 23.9 Å². The zero-order valence-corrected chi connectivity index (χ0v) is 19.0. The van der Waals surface area contributed by atoms with Gasteiger partial charge in [-0.05, 0) is 37.5 Å². The number of hydrogen-bond acceptors (Lipinski definition) is 7. The molecule has 6 rings (SSSR count). The van der Waals surface area contributed by atoms with Crippen LogP contribution < -0.4 is 10.2 Å². The summed E-state index contributed by atoms with van der Waals surface area (Å²) in [6.45, 7) is 1.45. The molecular formula is C24H22F3N7O2. The molecule has 2 N–H and O–H groups in total. The minimum absolute atomic E-state index is 0.113. The molecular weight excluding hydrogens is 475 g/mol. The largest absolute Gasteiger partial charge is 0.393 e. The lowest BCUT2D eigenvalue weighted by atomic mass is 10.1. The molecule has 12 heteroatoms. The van der Waals surface area contributed by atoms with Crippen molar-refractivity contribution in [3.05, 3.63) is 42.5 Å². The third kappa shape index (κ3) is 4.11. The number of alkyl halides is 3. The van der Waals surface area contributed by atoms with Crippen molar-refractivity contribution >= 4 is 33.8 Å². The molecule has 2 fully saturated rings. The van der Waals surface area contributed by atoms with Gasteiger partial charge in [0, 0.05) is 41.8 Å². The lowest BCUT2D eigenvalue weighted by molar-refractivity contribution is -0.117.